The summed E-state index contributed by atoms with van der Waals surface area (Å²) in [6, 6.07) is 13.8. The van der Waals surface area contributed by atoms with Crippen LogP contribution in [0.2, 0.25) is 0 Å². The second-order valence-electron chi connectivity index (χ2n) is 7.32. The van der Waals surface area contributed by atoms with Crippen LogP contribution in [0.25, 0.3) is 10.2 Å². The topological polar surface area (TPSA) is 85.8 Å². The van der Waals surface area contributed by atoms with Crippen molar-refractivity contribution < 1.29 is 22.7 Å². The molecule has 0 radical (unpaired) electrons. The first kappa shape index (κ1) is 21.7. The Morgan fingerprint density at radius 3 is 2.74 bits per heavy atom. The Kier molecular flexibility index (Phi) is 6.54. The third kappa shape index (κ3) is 4.89. The monoisotopic (exact) mass is 460 g/mol. The highest BCUT2D eigenvalue weighted by molar-refractivity contribution is 7.91. The SMILES string of the molecule is COc1cccc2sc(N(CC3CCCO3)C(=O)CCS(=O)(=O)c3ccccc3)nc12. The maximum absolute atomic E-state index is 13.2. The first-order valence-corrected chi connectivity index (χ1v) is 12.6. The van der Waals surface area contributed by atoms with Crippen LogP contribution in [0, 0.1) is 0 Å². The van der Waals surface area contributed by atoms with Crippen molar-refractivity contribution >= 4 is 42.4 Å². The Hall–Kier alpha value is -2.49. The summed E-state index contributed by atoms with van der Waals surface area (Å²) in [5.74, 6) is 0.0933. The van der Waals surface area contributed by atoms with Gasteiger partial charge in [-0.15, -0.1) is 0 Å². The van der Waals surface area contributed by atoms with Gasteiger partial charge < -0.3 is 9.47 Å². The molecule has 1 atom stereocenters. The van der Waals surface area contributed by atoms with E-state index in [1.54, 1.807) is 42.3 Å². The number of anilines is 1. The van der Waals surface area contributed by atoms with E-state index in [0.29, 0.717) is 29.5 Å². The number of carbonyl (C=O) groups is 1. The van der Waals surface area contributed by atoms with Crippen LogP contribution in [0.5, 0.6) is 5.75 Å². The standard InChI is InChI=1S/C22H24N2O5S2/c1-28-18-10-5-11-19-21(18)23-22(30-19)24(15-16-7-6-13-29-16)20(25)12-14-31(26,27)17-8-3-2-4-9-17/h2-5,8-11,16H,6-7,12-15H2,1H3. The number of amides is 1. The van der Waals surface area contributed by atoms with Crippen molar-refractivity contribution in [2.75, 3.05) is 30.9 Å². The van der Waals surface area contributed by atoms with Crippen molar-refractivity contribution in [3.05, 3.63) is 48.5 Å². The van der Waals surface area contributed by atoms with Crippen molar-refractivity contribution in [1.82, 2.24) is 4.98 Å². The molecule has 1 aromatic heterocycles. The number of ether oxygens (including phenoxy) is 2. The molecule has 7 nitrogen and oxygen atoms in total. The molecule has 1 aliphatic rings. The summed E-state index contributed by atoms with van der Waals surface area (Å²) in [5, 5.41) is 0.525. The minimum absolute atomic E-state index is 0.0800. The summed E-state index contributed by atoms with van der Waals surface area (Å²) in [7, 11) is -1.97. The molecule has 1 fully saturated rings. The average molecular weight is 461 g/mol. The molecule has 4 rings (SSSR count). The van der Waals surface area contributed by atoms with Crippen LogP contribution in [0.3, 0.4) is 0 Å². The smallest absolute Gasteiger partial charge is 0.229 e. The highest BCUT2D eigenvalue weighted by Crippen LogP contribution is 2.35. The maximum Gasteiger partial charge on any atom is 0.229 e. The molecule has 1 aliphatic heterocycles. The number of aromatic nitrogens is 1. The molecular weight excluding hydrogens is 436 g/mol. The molecule has 164 valence electrons. The zero-order valence-corrected chi connectivity index (χ0v) is 18.8. The summed E-state index contributed by atoms with van der Waals surface area (Å²) in [6.07, 6.45) is 1.60. The third-order valence-corrected chi connectivity index (χ3v) is 8.00. The van der Waals surface area contributed by atoms with Crippen LogP contribution in [-0.4, -0.2) is 51.4 Å². The predicted octanol–water partition coefficient (Wildman–Crippen LogP) is 3.68. The molecule has 0 aliphatic carbocycles. The number of sulfone groups is 1. The van der Waals surface area contributed by atoms with Crippen LogP contribution in [0.15, 0.2) is 53.4 Å². The first-order valence-electron chi connectivity index (χ1n) is 10.1. The molecule has 0 spiro atoms. The number of methoxy groups -OCH3 is 1. The van der Waals surface area contributed by atoms with Gasteiger partial charge in [0.2, 0.25) is 5.91 Å². The van der Waals surface area contributed by atoms with Gasteiger partial charge in [-0.05, 0) is 37.1 Å². The number of nitrogens with zero attached hydrogens (tertiary/aromatic N) is 2. The molecule has 0 N–H and O–H groups in total. The molecule has 3 aromatic rings. The Balaban J connectivity index is 1.58. The number of para-hydroxylation sites is 1. The lowest BCUT2D eigenvalue weighted by Crippen LogP contribution is -2.38. The quantitative estimate of drug-likeness (QED) is 0.510. The van der Waals surface area contributed by atoms with Crippen molar-refractivity contribution in [3.63, 3.8) is 0 Å². The van der Waals surface area contributed by atoms with E-state index in [1.165, 1.54) is 11.3 Å². The predicted molar refractivity (Wildman–Crippen MR) is 121 cm³/mol. The first-order chi connectivity index (χ1) is 15.0. The Bertz CT molecular complexity index is 1160. The van der Waals surface area contributed by atoms with E-state index in [2.05, 4.69) is 4.98 Å². The second-order valence-corrected chi connectivity index (χ2v) is 10.4. The highest BCUT2D eigenvalue weighted by Gasteiger charge is 2.28. The van der Waals surface area contributed by atoms with Crippen molar-refractivity contribution in [1.29, 1.82) is 0 Å². The van der Waals surface area contributed by atoms with Gasteiger partial charge in [0.15, 0.2) is 15.0 Å². The fraction of sp³-hybridized carbons (Fsp3) is 0.364. The van der Waals surface area contributed by atoms with Crippen LogP contribution in [-0.2, 0) is 19.4 Å². The van der Waals surface area contributed by atoms with Gasteiger partial charge in [0, 0.05) is 13.0 Å². The van der Waals surface area contributed by atoms with E-state index in [0.717, 1.165) is 17.5 Å². The summed E-state index contributed by atoms with van der Waals surface area (Å²) in [5.41, 5.74) is 0.687. The minimum atomic E-state index is -3.55. The van der Waals surface area contributed by atoms with Crippen molar-refractivity contribution in [2.24, 2.45) is 0 Å². The molecule has 31 heavy (non-hydrogen) atoms. The van der Waals surface area contributed by atoms with Gasteiger partial charge in [0.1, 0.15) is 11.3 Å². The van der Waals surface area contributed by atoms with E-state index in [4.69, 9.17) is 9.47 Å². The zero-order chi connectivity index (χ0) is 21.8. The Labute approximate surface area is 185 Å². The van der Waals surface area contributed by atoms with E-state index in [1.807, 2.05) is 18.2 Å². The van der Waals surface area contributed by atoms with E-state index >= 15 is 0 Å². The number of hydrogen-bond acceptors (Lipinski definition) is 7. The van der Waals surface area contributed by atoms with Crippen molar-refractivity contribution in [2.45, 2.75) is 30.3 Å². The maximum atomic E-state index is 13.2. The van der Waals surface area contributed by atoms with Gasteiger partial charge in [-0.3, -0.25) is 9.69 Å². The molecule has 1 amide bonds. The summed E-state index contributed by atoms with van der Waals surface area (Å²) in [6.45, 7) is 1.02. The number of hydrogen-bond donors (Lipinski definition) is 0. The van der Waals surface area contributed by atoms with Gasteiger partial charge >= 0.3 is 0 Å². The molecule has 2 aromatic carbocycles. The minimum Gasteiger partial charge on any atom is -0.494 e. The van der Waals surface area contributed by atoms with Crippen LogP contribution >= 0.6 is 11.3 Å². The zero-order valence-electron chi connectivity index (χ0n) is 17.2. The van der Waals surface area contributed by atoms with Gasteiger partial charge in [0.05, 0.1) is 35.1 Å². The Morgan fingerprint density at radius 1 is 1.23 bits per heavy atom. The number of rotatable bonds is 8. The molecule has 1 saturated heterocycles. The molecule has 0 bridgehead atoms. The largest absolute Gasteiger partial charge is 0.494 e. The molecule has 2 heterocycles. The molecular formula is C22H24N2O5S2. The third-order valence-electron chi connectivity index (χ3n) is 5.22. The molecule has 1 unspecified atom stereocenters. The number of benzene rings is 2. The lowest BCUT2D eigenvalue weighted by Gasteiger charge is -2.23. The van der Waals surface area contributed by atoms with Gasteiger partial charge in [-0.1, -0.05) is 35.6 Å². The van der Waals surface area contributed by atoms with E-state index in [9.17, 15) is 13.2 Å². The van der Waals surface area contributed by atoms with Crippen LogP contribution in [0.1, 0.15) is 19.3 Å². The number of thiazole rings is 1. The van der Waals surface area contributed by atoms with E-state index in [-0.39, 0.29) is 29.1 Å². The fourth-order valence-electron chi connectivity index (χ4n) is 3.57. The lowest BCUT2D eigenvalue weighted by molar-refractivity contribution is -0.118. The fourth-order valence-corrected chi connectivity index (χ4v) is 5.83. The van der Waals surface area contributed by atoms with Crippen molar-refractivity contribution in [3.8, 4) is 5.75 Å². The van der Waals surface area contributed by atoms with Gasteiger partial charge in [-0.25, -0.2) is 13.4 Å². The summed E-state index contributed by atoms with van der Waals surface area (Å²) in [4.78, 5) is 19.6. The Morgan fingerprint density at radius 2 is 2.03 bits per heavy atom. The normalized spacial score (nSPS) is 16.5. The summed E-state index contributed by atoms with van der Waals surface area (Å²) >= 11 is 1.39. The van der Waals surface area contributed by atoms with Gasteiger partial charge in [0.25, 0.3) is 0 Å². The van der Waals surface area contributed by atoms with Gasteiger partial charge in [-0.2, -0.15) is 0 Å². The number of fused-ring (bicyclic) bond motifs is 1. The highest BCUT2D eigenvalue weighted by atomic mass is 32.2. The molecule has 0 saturated carbocycles. The summed E-state index contributed by atoms with van der Waals surface area (Å²) < 4.78 is 37.3. The average Bonchev–Trinajstić information content (AvgIpc) is 3.45. The second kappa shape index (κ2) is 9.33. The lowest BCUT2D eigenvalue weighted by atomic mass is 10.2. The number of carbonyl (C=O) groups excluding carboxylic acids is 1. The van der Waals surface area contributed by atoms with Crippen LogP contribution < -0.4 is 9.64 Å². The van der Waals surface area contributed by atoms with E-state index < -0.39 is 9.84 Å². The molecule has 9 heteroatoms. The van der Waals surface area contributed by atoms with Crippen LogP contribution in [0.4, 0.5) is 5.13 Å².